The Kier molecular flexibility index (Phi) is 7.49. The molecule has 0 aliphatic heterocycles. The van der Waals surface area contributed by atoms with Gasteiger partial charge in [0, 0.05) is 18.1 Å². The molecule has 0 bridgehead atoms. The fraction of sp³-hybridized carbons (Fsp3) is 0.227. The first kappa shape index (κ1) is 21.1. The number of carbonyl (C=O) groups excluding carboxylic acids is 1. The number of benzene rings is 2. The summed E-state index contributed by atoms with van der Waals surface area (Å²) in [5, 5.41) is 4.40. The highest BCUT2D eigenvalue weighted by Crippen LogP contribution is 2.20. The number of aryl methyl sites for hydroxylation is 1. The Morgan fingerprint density at radius 2 is 2.03 bits per heavy atom. The molecular formula is C22H22ClN3O2S. The van der Waals surface area contributed by atoms with Crippen LogP contribution in [0.5, 0.6) is 0 Å². The Morgan fingerprint density at radius 3 is 2.79 bits per heavy atom. The fourth-order valence-electron chi connectivity index (χ4n) is 2.92. The highest BCUT2D eigenvalue weighted by molar-refractivity contribution is 7.99. The Balaban J connectivity index is 1.61. The molecule has 0 unspecified atom stereocenters. The molecule has 1 aromatic heterocycles. The smallest absolute Gasteiger partial charge is 0.262 e. The molecule has 2 aromatic carbocycles. The molecule has 0 aliphatic carbocycles. The molecule has 150 valence electrons. The molecule has 3 aromatic rings. The van der Waals surface area contributed by atoms with Gasteiger partial charge in [0.25, 0.3) is 5.56 Å². The van der Waals surface area contributed by atoms with Crippen molar-refractivity contribution in [3.63, 3.8) is 0 Å². The SMILES string of the molecule is C=CCn1c(SCC(=O)NCCCc2ccccc2)nc2cc(Cl)ccc2c1=O. The number of nitrogens with zero attached hydrogens (tertiary/aromatic N) is 2. The van der Waals surface area contributed by atoms with E-state index in [0.717, 1.165) is 12.8 Å². The zero-order chi connectivity index (χ0) is 20.6. The van der Waals surface area contributed by atoms with E-state index < -0.39 is 0 Å². The molecule has 29 heavy (non-hydrogen) atoms. The lowest BCUT2D eigenvalue weighted by Gasteiger charge is -2.11. The first-order valence-corrected chi connectivity index (χ1v) is 10.7. The first-order chi connectivity index (χ1) is 14.1. The highest BCUT2D eigenvalue weighted by Gasteiger charge is 2.13. The van der Waals surface area contributed by atoms with Gasteiger partial charge in [0.05, 0.1) is 16.7 Å². The van der Waals surface area contributed by atoms with E-state index >= 15 is 0 Å². The zero-order valence-corrected chi connectivity index (χ0v) is 17.5. The second kappa shape index (κ2) is 10.3. The van der Waals surface area contributed by atoms with Gasteiger partial charge in [-0.15, -0.1) is 6.58 Å². The van der Waals surface area contributed by atoms with Gasteiger partial charge in [0.15, 0.2) is 5.16 Å². The summed E-state index contributed by atoms with van der Waals surface area (Å²) in [6.45, 7) is 4.64. The lowest BCUT2D eigenvalue weighted by molar-refractivity contribution is -0.118. The summed E-state index contributed by atoms with van der Waals surface area (Å²) >= 11 is 7.26. The van der Waals surface area contributed by atoms with Gasteiger partial charge in [-0.1, -0.05) is 59.8 Å². The van der Waals surface area contributed by atoms with Crippen LogP contribution < -0.4 is 10.9 Å². The maximum Gasteiger partial charge on any atom is 0.262 e. The van der Waals surface area contributed by atoms with Crippen molar-refractivity contribution in [2.24, 2.45) is 0 Å². The van der Waals surface area contributed by atoms with Gasteiger partial charge in [0.2, 0.25) is 5.91 Å². The predicted molar refractivity (Wildman–Crippen MR) is 120 cm³/mol. The molecule has 0 fully saturated rings. The maximum absolute atomic E-state index is 12.8. The molecule has 0 saturated carbocycles. The molecule has 0 saturated heterocycles. The van der Waals surface area contributed by atoms with Crippen molar-refractivity contribution >= 4 is 40.2 Å². The summed E-state index contributed by atoms with van der Waals surface area (Å²) in [6, 6.07) is 15.2. The largest absolute Gasteiger partial charge is 0.355 e. The van der Waals surface area contributed by atoms with Crippen molar-refractivity contribution in [3.8, 4) is 0 Å². The van der Waals surface area contributed by atoms with Crippen LogP contribution >= 0.6 is 23.4 Å². The lowest BCUT2D eigenvalue weighted by Crippen LogP contribution is -2.27. The highest BCUT2D eigenvalue weighted by atomic mass is 35.5. The van der Waals surface area contributed by atoms with Crippen molar-refractivity contribution in [3.05, 3.63) is 82.1 Å². The number of carbonyl (C=O) groups is 1. The summed E-state index contributed by atoms with van der Waals surface area (Å²) < 4.78 is 1.52. The summed E-state index contributed by atoms with van der Waals surface area (Å²) in [5.41, 5.74) is 1.61. The predicted octanol–water partition coefficient (Wildman–Crippen LogP) is 4.08. The second-order valence-electron chi connectivity index (χ2n) is 6.49. The van der Waals surface area contributed by atoms with E-state index in [-0.39, 0.29) is 17.2 Å². The Bertz CT molecular complexity index is 1070. The lowest BCUT2D eigenvalue weighted by atomic mass is 10.1. The number of aromatic nitrogens is 2. The van der Waals surface area contributed by atoms with E-state index in [2.05, 4.69) is 29.0 Å². The summed E-state index contributed by atoms with van der Waals surface area (Å²) in [5.74, 6) is 0.0923. The maximum atomic E-state index is 12.8. The standard InChI is InChI=1S/C22H22ClN3O2S/c1-2-13-26-21(28)18-11-10-17(23)14-19(18)25-22(26)29-15-20(27)24-12-6-9-16-7-4-3-5-8-16/h2-5,7-8,10-11,14H,1,6,9,12-13,15H2,(H,24,27). The topological polar surface area (TPSA) is 64.0 Å². The molecule has 0 radical (unpaired) electrons. The van der Waals surface area contributed by atoms with Gasteiger partial charge in [0.1, 0.15) is 0 Å². The number of fused-ring (bicyclic) bond motifs is 1. The number of hydrogen-bond acceptors (Lipinski definition) is 4. The van der Waals surface area contributed by atoms with Crippen LogP contribution in [0.25, 0.3) is 10.9 Å². The molecule has 1 amide bonds. The van der Waals surface area contributed by atoms with Crippen LogP contribution in [0.1, 0.15) is 12.0 Å². The molecule has 1 N–H and O–H groups in total. The molecule has 0 spiro atoms. The van der Waals surface area contributed by atoms with Crippen LogP contribution in [0.4, 0.5) is 0 Å². The summed E-state index contributed by atoms with van der Waals surface area (Å²) in [7, 11) is 0. The van der Waals surface area contributed by atoms with Crippen LogP contribution in [0.15, 0.2) is 71.1 Å². The van der Waals surface area contributed by atoms with Gasteiger partial charge < -0.3 is 5.32 Å². The third kappa shape index (κ3) is 5.71. The number of nitrogens with one attached hydrogen (secondary N) is 1. The number of thioether (sulfide) groups is 1. The summed E-state index contributed by atoms with van der Waals surface area (Å²) in [4.78, 5) is 29.5. The minimum absolute atomic E-state index is 0.0892. The van der Waals surface area contributed by atoms with Crippen LogP contribution in [0.3, 0.4) is 0 Å². The van der Waals surface area contributed by atoms with E-state index in [0.29, 0.717) is 34.2 Å². The molecule has 1 heterocycles. The van der Waals surface area contributed by atoms with Gasteiger partial charge in [-0.3, -0.25) is 14.2 Å². The van der Waals surface area contributed by atoms with E-state index in [4.69, 9.17) is 11.6 Å². The quantitative estimate of drug-likeness (QED) is 0.242. The fourth-order valence-corrected chi connectivity index (χ4v) is 3.93. The molecule has 3 rings (SSSR count). The van der Waals surface area contributed by atoms with Gasteiger partial charge in [-0.05, 0) is 36.6 Å². The number of allylic oxidation sites excluding steroid dienone is 1. The van der Waals surface area contributed by atoms with E-state index in [9.17, 15) is 9.59 Å². The third-order valence-corrected chi connectivity index (χ3v) is 5.55. The van der Waals surface area contributed by atoms with E-state index in [1.807, 2.05) is 18.2 Å². The van der Waals surface area contributed by atoms with Crippen LogP contribution in [-0.2, 0) is 17.8 Å². The molecule has 0 aliphatic rings. The monoisotopic (exact) mass is 427 g/mol. The van der Waals surface area contributed by atoms with E-state index in [1.54, 1.807) is 24.3 Å². The Morgan fingerprint density at radius 1 is 1.24 bits per heavy atom. The first-order valence-electron chi connectivity index (χ1n) is 9.33. The third-order valence-electron chi connectivity index (χ3n) is 4.33. The van der Waals surface area contributed by atoms with Crippen LogP contribution in [0.2, 0.25) is 5.02 Å². The van der Waals surface area contributed by atoms with Crippen molar-refractivity contribution in [2.45, 2.75) is 24.5 Å². The Labute approximate surface area is 178 Å². The minimum atomic E-state index is -0.169. The van der Waals surface area contributed by atoms with Crippen molar-refractivity contribution in [2.75, 3.05) is 12.3 Å². The molecule has 0 atom stereocenters. The average Bonchev–Trinajstić information content (AvgIpc) is 2.72. The molecule has 7 heteroatoms. The van der Waals surface area contributed by atoms with Crippen molar-refractivity contribution in [1.29, 1.82) is 0 Å². The van der Waals surface area contributed by atoms with E-state index in [1.165, 1.54) is 21.9 Å². The number of rotatable bonds is 9. The Hall–Kier alpha value is -2.57. The van der Waals surface area contributed by atoms with Crippen LogP contribution in [0, 0.1) is 0 Å². The van der Waals surface area contributed by atoms with Crippen LogP contribution in [-0.4, -0.2) is 27.8 Å². The van der Waals surface area contributed by atoms with Gasteiger partial charge in [-0.2, -0.15) is 0 Å². The van der Waals surface area contributed by atoms with Crippen molar-refractivity contribution in [1.82, 2.24) is 14.9 Å². The van der Waals surface area contributed by atoms with Gasteiger partial charge >= 0.3 is 0 Å². The average molecular weight is 428 g/mol. The normalized spacial score (nSPS) is 10.8. The summed E-state index contributed by atoms with van der Waals surface area (Å²) in [6.07, 6.45) is 3.42. The zero-order valence-electron chi connectivity index (χ0n) is 15.9. The minimum Gasteiger partial charge on any atom is -0.355 e. The number of halogens is 1. The number of hydrogen-bond donors (Lipinski definition) is 1. The van der Waals surface area contributed by atoms with Gasteiger partial charge in [-0.25, -0.2) is 4.98 Å². The van der Waals surface area contributed by atoms with Crippen molar-refractivity contribution < 1.29 is 4.79 Å². The number of amides is 1. The second-order valence-corrected chi connectivity index (χ2v) is 7.87. The molecule has 5 nitrogen and oxygen atoms in total. The molecular weight excluding hydrogens is 406 g/mol.